The van der Waals surface area contributed by atoms with Crippen LogP contribution in [0.4, 0.5) is 0 Å². The number of methoxy groups -OCH3 is 1. The summed E-state index contributed by atoms with van der Waals surface area (Å²) in [6.07, 6.45) is 0.0532. The SMILES string of the molecule is COCCN1C(=O)C[C@H](C(=O)O)[C@@H]1c1cccc(C)c1. The molecule has 1 fully saturated rings. The topological polar surface area (TPSA) is 66.8 Å². The van der Waals surface area contributed by atoms with Crippen LogP contribution in [0.5, 0.6) is 0 Å². The zero-order valence-corrected chi connectivity index (χ0v) is 11.7. The number of carbonyl (C=O) groups excluding carboxylic acids is 1. The summed E-state index contributed by atoms with van der Waals surface area (Å²) in [7, 11) is 1.57. The largest absolute Gasteiger partial charge is 0.481 e. The van der Waals surface area contributed by atoms with Crippen molar-refractivity contribution in [2.75, 3.05) is 20.3 Å². The lowest BCUT2D eigenvalue weighted by Gasteiger charge is -2.27. The molecule has 2 rings (SSSR count). The third kappa shape index (κ3) is 2.82. The Morgan fingerprint density at radius 3 is 2.85 bits per heavy atom. The van der Waals surface area contributed by atoms with Gasteiger partial charge in [0.05, 0.1) is 18.6 Å². The first-order valence-electron chi connectivity index (χ1n) is 6.62. The fraction of sp³-hybridized carbons (Fsp3) is 0.467. The zero-order valence-electron chi connectivity index (χ0n) is 11.7. The average molecular weight is 277 g/mol. The van der Waals surface area contributed by atoms with E-state index in [0.717, 1.165) is 11.1 Å². The molecule has 1 saturated heterocycles. The first-order valence-corrected chi connectivity index (χ1v) is 6.62. The second-order valence-electron chi connectivity index (χ2n) is 5.09. The maximum Gasteiger partial charge on any atom is 0.309 e. The van der Waals surface area contributed by atoms with Crippen LogP contribution in [0.1, 0.15) is 23.6 Å². The van der Waals surface area contributed by atoms with Crippen molar-refractivity contribution in [1.29, 1.82) is 0 Å². The molecule has 0 aromatic heterocycles. The molecule has 1 aromatic carbocycles. The molecule has 2 atom stereocenters. The third-order valence-corrected chi connectivity index (χ3v) is 3.67. The summed E-state index contributed by atoms with van der Waals surface area (Å²) in [5.74, 6) is -1.74. The lowest BCUT2D eigenvalue weighted by molar-refractivity contribution is -0.142. The first kappa shape index (κ1) is 14.5. The number of carboxylic acid groups (broad SMARTS) is 1. The minimum Gasteiger partial charge on any atom is -0.481 e. The highest BCUT2D eigenvalue weighted by atomic mass is 16.5. The van der Waals surface area contributed by atoms with E-state index in [1.54, 1.807) is 12.0 Å². The Labute approximate surface area is 118 Å². The van der Waals surface area contributed by atoms with Gasteiger partial charge in [-0.3, -0.25) is 9.59 Å². The van der Waals surface area contributed by atoms with E-state index in [1.165, 1.54) is 0 Å². The van der Waals surface area contributed by atoms with Crippen LogP contribution in [-0.4, -0.2) is 42.1 Å². The number of aliphatic carboxylic acids is 1. The molecule has 1 amide bonds. The summed E-state index contributed by atoms with van der Waals surface area (Å²) in [6.45, 7) is 2.77. The van der Waals surface area contributed by atoms with Crippen molar-refractivity contribution in [3.63, 3.8) is 0 Å². The number of hydrogen-bond acceptors (Lipinski definition) is 3. The average Bonchev–Trinajstić information content (AvgIpc) is 2.73. The van der Waals surface area contributed by atoms with E-state index in [4.69, 9.17) is 4.74 Å². The Hall–Kier alpha value is -1.88. The number of benzene rings is 1. The number of carboxylic acids is 1. The molecule has 1 aliphatic heterocycles. The highest BCUT2D eigenvalue weighted by Gasteiger charge is 2.44. The highest BCUT2D eigenvalue weighted by Crippen LogP contribution is 2.38. The standard InChI is InChI=1S/C15H19NO4/c1-10-4-3-5-11(8-10)14-12(15(18)19)9-13(17)16(14)6-7-20-2/h3-5,8,12,14H,6-7,9H2,1-2H3,(H,18,19)/t12-,14-/m0/s1. The van der Waals surface area contributed by atoms with Crippen LogP contribution in [0.3, 0.4) is 0 Å². The molecule has 0 saturated carbocycles. The molecule has 1 heterocycles. The van der Waals surface area contributed by atoms with Gasteiger partial charge in [-0.1, -0.05) is 29.8 Å². The lowest BCUT2D eigenvalue weighted by Crippen LogP contribution is -2.33. The number of amides is 1. The Balaban J connectivity index is 2.35. The van der Waals surface area contributed by atoms with Crippen molar-refractivity contribution in [3.05, 3.63) is 35.4 Å². The number of ether oxygens (including phenoxy) is 1. The second kappa shape index (κ2) is 6.05. The van der Waals surface area contributed by atoms with Gasteiger partial charge in [0.1, 0.15) is 0 Å². The molecule has 20 heavy (non-hydrogen) atoms. The summed E-state index contributed by atoms with van der Waals surface area (Å²) in [6, 6.07) is 7.26. The maximum absolute atomic E-state index is 12.1. The summed E-state index contributed by atoms with van der Waals surface area (Å²) in [5, 5.41) is 9.37. The molecule has 5 heteroatoms. The number of carbonyl (C=O) groups is 2. The quantitative estimate of drug-likeness (QED) is 0.888. The molecule has 0 radical (unpaired) electrons. The van der Waals surface area contributed by atoms with E-state index in [0.29, 0.717) is 13.2 Å². The molecular weight excluding hydrogens is 258 g/mol. The fourth-order valence-corrected chi connectivity index (χ4v) is 2.73. The molecule has 5 nitrogen and oxygen atoms in total. The predicted molar refractivity (Wildman–Crippen MR) is 73.3 cm³/mol. The van der Waals surface area contributed by atoms with Gasteiger partial charge >= 0.3 is 5.97 Å². The lowest BCUT2D eigenvalue weighted by atomic mass is 9.93. The van der Waals surface area contributed by atoms with E-state index in [2.05, 4.69) is 0 Å². The van der Waals surface area contributed by atoms with Crippen molar-refractivity contribution in [2.24, 2.45) is 5.92 Å². The normalized spacial score (nSPS) is 22.3. The first-order chi connectivity index (χ1) is 9.54. The minimum atomic E-state index is -0.926. The maximum atomic E-state index is 12.1. The van der Waals surface area contributed by atoms with Crippen molar-refractivity contribution >= 4 is 11.9 Å². The van der Waals surface area contributed by atoms with Gasteiger partial charge < -0.3 is 14.7 Å². The van der Waals surface area contributed by atoms with Crippen molar-refractivity contribution in [2.45, 2.75) is 19.4 Å². The molecule has 0 spiro atoms. The number of rotatable bonds is 5. The van der Waals surface area contributed by atoms with Crippen LogP contribution in [-0.2, 0) is 14.3 Å². The second-order valence-corrected chi connectivity index (χ2v) is 5.09. The summed E-state index contributed by atoms with van der Waals surface area (Å²) in [5.41, 5.74) is 1.93. The van der Waals surface area contributed by atoms with E-state index < -0.39 is 17.9 Å². The number of aryl methyl sites for hydroxylation is 1. The fourth-order valence-electron chi connectivity index (χ4n) is 2.73. The van der Waals surface area contributed by atoms with Crippen LogP contribution in [0.2, 0.25) is 0 Å². The molecule has 1 N–H and O–H groups in total. The van der Waals surface area contributed by atoms with E-state index >= 15 is 0 Å². The molecule has 0 bridgehead atoms. The van der Waals surface area contributed by atoms with Crippen LogP contribution in [0, 0.1) is 12.8 Å². The monoisotopic (exact) mass is 277 g/mol. The van der Waals surface area contributed by atoms with Gasteiger partial charge in [-0.2, -0.15) is 0 Å². The van der Waals surface area contributed by atoms with E-state index in [9.17, 15) is 14.7 Å². The molecule has 0 unspecified atom stereocenters. The Bertz CT molecular complexity index is 514. The molecule has 0 aliphatic carbocycles. The van der Waals surface area contributed by atoms with Crippen LogP contribution < -0.4 is 0 Å². The van der Waals surface area contributed by atoms with Crippen molar-refractivity contribution in [1.82, 2.24) is 4.90 Å². The van der Waals surface area contributed by atoms with Crippen molar-refractivity contribution < 1.29 is 19.4 Å². The van der Waals surface area contributed by atoms with Crippen LogP contribution in [0.25, 0.3) is 0 Å². The van der Waals surface area contributed by atoms with Gasteiger partial charge in [0, 0.05) is 20.1 Å². The van der Waals surface area contributed by atoms with E-state index in [1.807, 2.05) is 31.2 Å². The van der Waals surface area contributed by atoms with Gasteiger partial charge in [-0.25, -0.2) is 0 Å². The highest BCUT2D eigenvalue weighted by molar-refractivity contribution is 5.87. The van der Waals surface area contributed by atoms with Gasteiger partial charge in [0.15, 0.2) is 0 Å². The summed E-state index contributed by atoms with van der Waals surface area (Å²) < 4.78 is 5.01. The van der Waals surface area contributed by atoms with E-state index in [-0.39, 0.29) is 12.3 Å². The molecule has 108 valence electrons. The van der Waals surface area contributed by atoms with Crippen LogP contribution in [0.15, 0.2) is 24.3 Å². The van der Waals surface area contributed by atoms with Crippen molar-refractivity contribution in [3.8, 4) is 0 Å². The van der Waals surface area contributed by atoms with Crippen LogP contribution >= 0.6 is 0 Å². The number of likely N-dealkylation sites (tertiary alicyclic amines) is 1. The number of hydrogen-bond donors (Lipinski definition) is 1. The number of nitrogens with zero attached hydrogens (tertiary/aromatic N) is 1. The van der Waals surface area contributed by atoms with Gasteiger partial charge in [-0.05, 0) is 12.5 Å². The smallest absolute Gasteiger partial charge is 0.309 e. The Morgan fingerprint density at radius 2 is 2.25 bits per heavy atom. The predicted octanol–water partition coefficient (Wildman–Crippen LogP) is 1.62. The van der Waals surface area contributed by atoms with Gasteiger partial charge in [-0.15, -0.1) is 0 Å². The van der Waals surface area contributed by atoms with Gasteiger partial charge in [0.25, 0.3) is 0 Å². The third-order valence-electron chi connectivity index (χ3n) is 3.67. The summed E-state index contributed by atoms with van der Waals surface area (Å²) >= 11 is 0. The zero-order chi connectivity index (χ0) is 14.7. The Morgan fingerprint density at radius 1 is 1.50 bits per heavy atom. The Kier molecular flexibility index (Phi) is 4.39. The minimum absolute atomic E-state index is 0.0532. The molecule has 1 aromatic rings. The molecule has 1 aliphatic rings. The summed E-state index contributed by atoms with van der Waals surface area (Å²) in [4.78, 5) is 25.1. The molecular formula is C15H19NO4. The van der Waals surface area contributed by atoms with Gasteiger partial charge in [0.2, 0.25) is 5.91 Å².